The molecule has 8 nitrogen and oxygen atoms in total. The zero-order valence-corrected chi connectivity index (χ0v) is 14.2. The summed E-state index contributed by atoms with van der Waals surface area (Å²) in [5.74, 6) is 2.36. The number of aryl methyl sites for hydroxylation is 1. The van der Waals surface area contributed by atoms with Crippen LogP contribution in [0, 0.1) is 6.92 Å². The van der Waals surface area contributed by atoms with Crippen LogP contribution in [-0.4, -0.2) is 53.6 Å². The van der Waals surface area contributed by atoms with Crippen LogP contribution < -0.4 is 10.1 Å². The van der Waals surface area contributed by atoms with Gasteiger partial charge >= 0.3 is 0 Å². The summed E-state index contributed by atoms with van der Waals surface area (Å²) in [7, 11) is 3.29. The number of H-pyrrole nitrogens is 1. The SMILES string of the molecule is COCc1cnc(OC)c(CN[C@@H]2COC[C@@H]2c2n[nH]c(C)n2)c1. The van der Waals surface area contributed by atoms with Crippen LogP contribution in [0.3, 0.4) is 0 Å². The van der Waals surface area contributed by atoms with Crippen molar-refractivity contribution in [1.82, 2.24) is 25.5 Å². The Morgan fingerprint density at radius 1 is 1.38 bits per heavy atom. The van der Waals surface area contributed by atoms with Gasteiger partial charge in [0.1, 0.15) is 5.82 Å². The molecule has 0 amide bonds. The molecule has 0 unspecified atom stereocenters. The Balaban J connectivity index is 1.69. The molecule has 1 fully saturated rings. The molecule has 0 bridgehead atoms. The van der Waals surface area contributed by atoms with E-state index in [9.17, 15) is 0 Å². The van der Waals surface area contributed by atoms with E-state index in [1.165, 1.54) is 0 Å². The number of aromatic nitrogens is 4. The lowest BCUT2D eigenvalue weighted by Crippen LogP contribution is -2.34. The average Bonchev–Trinajstić information content (AvgIpc) is 3.22. The number of hydrogen-bond donors (Lipinski definition) is 2. The number of nitrogens with zero attached hydrogens (tertiary/aromatic N) is 3. The summed E-state index contributed by atoms with van der Waals surface area (Å²) in [6, 6.07) is 2.19. The predicted molar refractivity (Wildman–Crippen MR) is 86.8 cm³/mol. The molecule has 3 rings (SSSR count). The van der Waals surface area contributed by atoms with Gasteiger partial charge in [0.25, 0.3) is 0 Å². The highest BCUT2D eigenvalue weighted by Gasteiger charge is 2.32. The van der Waals surface area contributed by atoms with Crippen LogP contribution in [0.5, 0.6) is 5.88 Å². The highest BCUT2D eigenvalue weighted by Crippen LogP contribution is 2.24. The Hall–Kier alpha value is -2.03. The number of aromatic amines is 1. The standard InChI is InChI=1S/C16H23N5O3/c1-10-19-15(21-20-10)13-8-24-9-14(13)17-6-12-4-11(7-22-2)5-18-16(12)23-3/h4-5,13-14,17H,6-9H2,1-3H3,(H,19,20,21)/t13-,14+/m0/s1. The predicted octanol–water partition coefficient (Wildman–Crippen LogP) is 0.935. The molecule has 1 saturated heterocycles. The molecule has 3 heterocycles. The van der Waals surface area contributed by atoms with Gasteiger partial charge in [0.15, 0.2) is 5.82 Å². The summed E-state index contributed by atoms with van der Waals surface area (Å²) in [5, 5.41) is 10.7. The lowest BCUT2D eigenvalue weighted by Gasteiger charge is -2.18. The first kappa shape index (κ1) is 16.8. The first-order valence-corrected chi connectivity index (χ1v) is 7.92. The second-order valence-corrected chi connectivity index (χ2v) is 5.86. The van der Waals surface area contributed by atoms with Crippen molar-refractivity contribution >= 4 is 0 Å². The number of rotatable bonds is 7. The molecule has 1 aliphatic rings. The van der Waals surface area contributed by atoms with Gasteiger partial charge < -0.3 is 19.5 Å². The molecule has 1 aliphatic heterocycles. The zero-order valence-electron chi connectivity index (χ0n) is 14.2. The Kier molecular flexibility index (Phi) is 5.39. The molecule has 0 aliphatic carbocycles. The van der Waals surface area contributed by atoms with E-state index in [4.69, 9.17) is 14.2 Å². The molecule has 2 atom stereocenters. The minimum absolute atomic E-state index is 0.135. The minimum atomic E-state index is 0.135. The molecular weight excluding hydrogens is 310 g/mol. The van der Waals surface area contributed by atoms with Gasteiger partial charge in [-0.3, -0.25) is 5.10 Å². The number of pyridine rings is 1. The van der Waals surface area contributed by atoms with Crippen LogP contribution in [0.1, 0.15) is 28.7 Å². The number of ether oxygens (including phenoxy) is 3. The van der Waals surface area contributed by atoms with Gasteiger partial charge in [-0.25, -0.2) is 9.97 Å². The summed E-state index contributed by atoms with van der Waals surface area (Å²) >= 11 is 0. The maximum Gasteiger partial charge on any atom is 0.217 e. The quantitative estimate of drug-likeness (QED) is 0.778. The van der Waals surface area contributed by atoms with Crippen LogP contribution >= 0.6 is 0 Å². The number of methoxy groups -OCH3 is 2. The van der Waals surface area contributed by atoms with Crippen molar-refractivity contribution in [3.05, 3.63) is 35.0 Å². The number of hydrogen-bond acceptors (Lipinski definition) is 7. The van der Waals surface area contributed by atoms with Gasteiger partial charge in [0, 0.05) is 31.5 Å². The van der Waals surface area contributed by atoms with Crippen molar-refractivity contribution in [2.75, 3.05) is 27.4 Å². The maximum absolute atomic E-state index is 5.62. The Morgan fingerprint density at radius 2 is 2.25 bits per heavy atom. The molecule has 24 heavy (non-hydrogen) atoms. The molecule has 0 spiro atoms. The first-order chi connectivity index (χ1) is 11.7. The zero-order chi connectivity index (χ0) is 16.9. The highest BCUT2D eigenvalue weighted by molar-refractivity contribution is 5.30. The van der Waals surface area contributed by atoms with Crippen molar-refractivity contribution < 1.29 is 14.2 Å². The third kappa shape index (κ3) is 3.72. The fourth-order valence-electron chi connectivity index (χ4n) is 2.88. The van der Waals surface area contributed by atoms with E-state index in [1.54, 1.807) is 20.4 Å². The molecule has 130 valence electrons. The van der Waals surface area contributed by atoms with E-state index in [1.807, 2.05) is 13.0 Å². The lowest BCUT2D eigenvalue weighted by molar-refractivity contribution is 0.184. The average molecular weight is 333 g/mol. The summed E-state index contributed by atoms with van der Waals surface area (Å²) in [6.07, 6.45) is 1.77. The van der Waals surface area contributed by atoms with Gasteiger partial charge in [0.2, 0.25) is 5.88 Å². The molecule has 2 aromatic rings. The molecule has 2 N–H and O–H groups in total. The van der Waals surface area contributed by atoms with E-state index in [0.717, 1.165) is 22.8 Å². The molecular formula is C16H23N5O3. The fourth-order valence-corrected chi connectivity index (χ4v) is 2.88. The largest absolute Gasteiger partial charge is 0.481 e. The summed E-state index contributed by atoms with van der Waals surface area (Å²) in [6.45, 7) is 4.30. The van der Waals surface area contributed by atoms with Gasteiger partial charge in [-0.05, 0) is 18.6 Å². The normalized spacial score (nSPS) is 20.5. The van der Waals surface area contributed by atoms with Crippen LogP contribution in [0.2, 0.25) is 0 Å². The van der Waals surface area contributed by atoms with Gasteiger partial charge in [-0.1, -0.05) is 0 Å². The molecule has 0 aromatic carbocycles. The van der Waals surface area contributed by atoms with Crippen molar-refractivity contribution in [3.63, 3.8) is 0 Å². The van der Waals surface area contributed by atoms with Crippen molar-refractivity contribution in [2.24, 2.45) is 0 Å². The van der Waals surface area contributed by atoms with Crippen molar-refractivity contribution in [3.8, 4) is 5.88 Å². The van der Waals surface area contributed by atoms with Gasteiger partial charge in [0.05, 0.1) is 32.8 Å². The van der Waals surface area contributed by atoms with Gasteiger partial charge in [-0.15, -0.1) is 0 Å². The fraction of sp³-hybridized carbons (Fsp3) is 0.562. The minimum Gasteiger partial charge on any atom is -0.481 e. The third-order valence-electron chi connectivity index (χ3n) is 4.07. The van der Waals surface area contributed by atoms with Gasteiger partial charge in [-0.2, -0.15) is 5.10 Å². The van der Waals surface area contributed by atoms with E-state index in [2.05, 4.69) is 25.5 Å². The Bertz CT molecular complexity index is 675. The van der Waals surface area contributed by atoms with E-state index >= 15 is 0 Å². The topological polar surface area (TPSA) is 94.2 Å². The lowest BCUT2D eigenvalue weighted by atomic mass is 10.0. The van der Waals surface area contributed by atoms with Crippen LogP contribution in [-0.2, 0) is 22.6 Å². The monoisotopic (exact) mass is 333 g/mol. The first-order valence-electron chi connectivity index (χ1n) is 7.92. The third-order valence-corrected chi connectivity index (χ3v) is 4.07. The van der Waals surface area contributed by atoms with Crippen LogP contribution in [0.15, 0.2) is 12.3 Å². The molecule has 0 radical (unpaired) electrons. The van der Waals surface area contributed by atoms with E-state index in [0.29, 0.717) is 32.2 Å². The van der Waals surface area contributed by atoms with Crippen molar-refractivity contribution in [2.45, 2.75) is 32.0 Å². The second kappa shape index (κ2) is 7.69. The summed E-state index contributed by atoms with van der Waals surface area (Å²) < 4.78 is 16.1. The molecule has 8 heteroatoms. The van der Waals surface area contributed by atoms with E-state index in [-0.39, 0.29) is 12.0 Å². The van der Waals surface area contributed by atoms with Crippen molar-refractivity contribution in [1.29, 1.82) is 0 Å². The Morgan fingerprint density at radius 3 is 2.96 bits per heavy atom. The highest BCUT2D eigenvalue weighted by atomic mass is 16.5. The van der Waals surface area contributed by atoms with E-state index < -0.39 is 0 Å². The number of nitrogens with one attached hydrogen (secondary N) is 2. The maximum atomic E-state index is 5.62. The Labute approximate surface area is 140 Å². The molecule has 0 saturated carbocycles. The smallest absolute Gasteiger partial charge is 0.217 e. The second-order valence-electron chi connectivity index (χ2n) is 5.86. The molecule has 2 aromatic heterocycles. The van der Waals surface area contributed by atoms with Crippen LogP contribution in [0.4, 0.5) is 0 Å². The summed E-state index contributed by atoms with van der Waals surface area (Å²) in [4.78, 5) is 8.77. The van der Waals surface area contributed by atoms with Crippen LogP contribution in [0.25, 0.3) is 0 Å². The summed E-state index contributed by atoms with van der Waals surface area (Å²) in [5.41, 5.74) is 2.00.